The molecule has 0 saturated carbocycles. The predicted molar refractivity (Wildman–Crippen MR) is 408 cm³/mol. The maximum absolute atomic E-state index is 13.1. The lowest BCUT2D eigenvalue weighted by atomic mass is 10.1. The highest BCUT2D eigenvalue weighted by Crippen LogP contribution is 2.45. The van der Waals surface area contributed by atoms with E-state index in [0.29, 0.717) is 32.1 Å². The Hall–Kier alpha value is -5.32. The molecule has 0 amide bonds. The van der Waals surface area contributed by atoms with Gasteiger partial charge in [-0.3, -0.25) is 37.3 Å². The fraction of sp³-hybridized carbons (Fsp3) is 0.630. The Kier molecular flexibility index (Phi) is 68.2. The number of phosphoric ester groups is 2. The Morgan fingerprint density at radius 1 is 0.290 bits per heavy atom. The first-order valence-electron chi connectivity index (χ1n) is 37.7. The Balaban J connectivity index is 5.46. The molecule has 100 heavy (non-hydrogen) atoms. The van der Waals surface area contributed by atoms with Gasteiger partial charge in [0.05, 0.1) is 26.4 Å². The van der Waals surface area contributed by atoms with Gasteiger partial charge in [0.2, 0.25) is 0 Å². The van der Waals surface area contributed by atoms with Crippen LogP contribution in [0.5, 0.6) is 0 Å². The number of carbonyl (C=O) groups is 4. The van der Waals surface area contributed by atoms with Crippen molar-refractivity contribution in [2.75, 3.05) is 39.6 Å². The molecule has 0 aromatic carbocycles. The fourth-order valence-electron chi connectivity index (χ4n) is 9.26. The average molecular weight is 1440 g/mol. The third kappa shape index (κ3) is 71.1. The fourth-order valence-corrected chi connectivity index (χ4v) is 10.8. The van der Waals surface area contributed by atoms with E-state index in [0.717, 1.165) is 186 Å². The normalized spacial score (nSPS) is 14.8. The molecule has 568 valence electrons. The average Bonchev–Trinajstić information content (AvgIpc) is 1.15. The summed E-state index contributed by atoms with van der Waals surface area (Å²) in [7, 11) is -9.99. The van der Waals surface area contributed by atoms with Crippen LogP contribution in [-0.2, 0) is 65.4 Å². The second kappa shape index (κ2) is 72.0. The summed E-state index contributed by atoms with van der Waals surface area (Å²) in [6, 6.07) is 0. The molecule has 17 nitrogen and oxygen atoms in total. The Morgan fingerprint density at radius 2 is 0.530 bits per heavy atom. The molecule has 3 N–H and O–H groups in total. The minimum Gasteiger partial charge on any atom is -0.462 e. The molecular formula is C81H132O17P2. The first kappa shape index (κ1) is 94.7. The number of allylic oxidation sites excluding steroid dienone is 26. The lowest BCUT2D eigenvalue weighted by Crippen LogP contribution is -2.30. The molecule has 0 aliphatic rings. The summed E-state index contributed by atoms with van der Waals surface area (Å²) in [5, 5.41) is 10.6. The standard InChI is InChI=1S/C81H132O17P2/c1-5-9-13-17-21-25-29-33-35-37-39-43-46-50-54-58-62-66-79(84)92-72-77(98-81(86)68-64-60-56-52-48-44-40-38-36-34-30-26-22-18-14-10-6-2)74-96-100(89,90)94-70-75(82)69-93-99(87,88)95-73-76(97-80(85)67-63-59-55-51-47-42-32-28-24-20-16-12-8-4)71-91-78(83)65-61-57-53-49-45-41-31-27-23-19-15-11-7-3/h9-10,13-16,19-22,25-28,31-36,39-40,43-44,50,54,75-77,82H,5-8,11-12,17-18,23-24,29-30,37-38,41-42,45-49,51-53,55-74H2,1-4H3,(H,87,88)(H,89,90)/b13-9-,14-10-,19-15-,20-16-,25-21-,26-22-,31-27-,32-28-,35-33-,36-34-,43-39-,44-40-,54-50-. The van der Waals surface area contributed by atoms with E-state index in [-0.39, 0.29) is 25.7 Å². The van der Waals surface area contributed by atoms with E-state index < -0.39 is 97.5 Å². The molecule has 5 unspecified atom stereocenters. The number of phosphoric acid groups is 2. The predicted octanol–water partition coefficient (Wildman–Crippen LogP) is 21.7. The molecule has 0 aliphatic carbocycles. The van der Waals surface area contributed by atoms with Crippen LogP contribution in [0.25, 0.3) is 0 Å². The van der Waals surface area contributed by atoms with Gasteiger partial charge in [0.25, 0.3) is 0 Å². The monoisotopic (exact) mass is 1440 g/mol. The quantitative estimate of drug-likeness (QED) is 0.0169. The van der Waals surface area contributed by atoms with Crippen LogP contribution in [0.1, 0.15) is 272 Å². The molecule has 0 aliphatic heterocycles. The SMILES string of the molecule is CC/C=C\C/C=C\C/C=C\C/C=C\C/C=C\CCCC(=O)OCC(COP(=O)(O)OCC(O)COP(=O)(O)OCC(COC(=O)CCCCCCC/C=C\C/C=C\CCC)OC(=O)CCCCCCC/C=C\C/C=C\CCC)OC(=O)CCCCCC/C=C\C/C=C\C/C=C\C/C=C\CC. The Morgan fingerprint density at radius 3 is 0.840 bits per heavy atom. The highest BCUT2D eigenvalue weighted by molar-refractivity contribution is 7.47. The summed E-state index contributed by atoms with van der Waals surface area (Å²) in [5.74, 6) is -2.31. The molecule has 0 saturated heterocycles. The second-order valence-electron chi connectivity index (χ2n) is 24.5. The molecular weight excluding hydrogens is 1310 g/mol. The number of unbranched alkanes of at least 4 members (excludes halogenated alkanes) is 17. The largest absolute Gasteiger partial charge is 0.472 e. The van der Waals surface area contributed by atoms with Crippen LogP contribution in [0, 0.1) is 0 Å². The van der Waals surface area contributed by atoms with Gasteiger partial charge >= 0.3 is 39.5 Å². The van der Waals surface area contributed by atoms with Gasteiger partial charge in [0.1, 0.15) is 19.3 Å². The minimum atomic E-state index is -5.00. The number of hydrogen-bond acceptors (Lipinski definition) is 15. The van der Waals surface area contributed by atoms with Gasteiger partial charge in [-0.1, -0.05) is 250 Å². The van der Waals surface area contributed by atoms with E-state index in [1.807, 2.05) is 12.2 Å². The van der Waals surface area contributed by atoms with Crippen molar-refractivity contribution in [2.45, 2.75) is 290 Å². The van der Waals surface area contributed by atoms with Gasteiger partial charge in [-0.15, -0.1) is 0 Å². The lowest BCUT2D eigenvalue weighted by molar-refractivity contribution is -0.161. The summed E-state index contributed by atoms with van der Waals surface area (Å²) in [6.07, 6.45) is 82.4. The molecule has 5 atom stereocenters. The first-order valence-corrected chi connectivity index (χ1v) is 40.7. The molecule has 0 aromatic rings. The smallest absolute Gasteiger partial charge is 0.462 e. The highest BCUT2D eigenvalue weighted by atomic mass is 31.2. The van der Waals surface area contributed by atoms with Crippen molar-refractivity contribution in [2.24, 2.45) is 0 Å². The van der Waals surface area contributed by atoms with Crippen molar-refractivity contribution in [1.29, 1.82) is 0 Å². The van der Waals surface area contributed by atoms with Crippen LogP contribution in [0.2, 0.25) is 0 Å². The van der Waals surface area contributed by atoms with Crippen molar-refractivity contribution >= 4 is 39.5 Å². The highest BCUT2D eigenvalue weighted by Gasteiger charge is 2.30. The van der Waals surface area contributed by atoms with Crippen molar-refractivity contribution in [3.8, 4) is 0 Å². The number of aliphatic hydroxyl groups excluding tert-OH is 1. The van der Waals surface area contributed by atoms with Crippen molar-refractivity contribution in [3.63, 3.8) is 0 Å². The van der Waals surface area contributed by atoms with E-state index in [9.17, 15) is 43.2 Å². The van der Waals surface area contributed by atoms with E-state index in [2.05, 4.69) is 174 Å². The van der Waals surface area contributed by atoms with E-state index in [1.54, 1.807) is 0 Å². The maximum Gasteiger partial charge on any atom is 0.472 e. The Bertz CT molecular complexity index is 2520. The van der Waals surface area contributed by atoms with Gasteiger partial charge in [0.15, 0.2) is 12.2 Å². The zero-order valence-corrected chi connectivity index (χ0v) is 63.6. The number of esters is 4. The molecule has 0 bridgehead atoms. The topological polar surface area (TPSA) is 237 Å². The summed E-state index contributed by atoms with van der Waals surface area (Å²) in [5.41, 5.74) is 0. The van der Waals surface area contributed by atoms with E-state index >= 15 is 0 Å². The molecule has 0 radical (unpaired) electrons. The minimum absolute atomic E-state index is 0.0485. The number of rotatable bonds is 69. The second-order valence-corrected chi connectivity index (χ2v) is 27.4. The van der Waals surface area contributed by atoms with Crippen molar-refractivity contribution in [1.82, 2.24) is 0 Å². The van der Waals surface area contributed by atoms with Crippen LogP contribution in [0.3, 0.4) is 0 Å². The summed E-state index contributed by atoms with van der Waals surface area (Å²) in [4.78, 5) is 72.8. The third-order valence-corrected chi connectivity index (χ3v) is 16.8. The van der Waals surface area contributed by atoms with Gasteiger partial charge in [-0.05, 0) is 154 Å². The van der Waals surface area contributed by atoms with Gasteiger partial charge in [-0.2, -0.15) is 0 Å². The van der Waals surface area contributed by atoms with E-state index in [1.165, 1.54) is 0 Å². The lowest BCUT2D eigenvalue weighted by Gasteiger charge is -2.21. The Labute approximate surface area is 604 Å². The zero-order valence-electron chi connectivity index (χ0n) is 61.8. The summed E-state index contributed by atoms with van der Waals surface area (Å²) < 4.78 is 68.3. The maximum atomic E-state index is 13.1. The van der Waals surface area contributed by atoms with Gasteiger partial charge in [-0.25, -0.2) is 9.13 Å². The summed E-state index contributed by atoms with van der Waals surface area (Å²) >= 11 is 0. The summed E-state index contributed by atoms with van der Waals surface area (Å²) in [6.45, 7) is 4.36. The number of carbonyl (C=O) groups excluding carboxylic acids is 4. The number of aliphatic hydroxyl groups is 1. The third-order valence-electron chi connectivity index (χ3n) is 14.9. The van der Waals surface area contributed by atoms with Crippen molar-refractivity contribution in [3.05, 3.63) is 158 Å². The zero-order chi connectivity index (χ0) is 73.2. The van der Waals surface area contributed by atoms with Crippen LogP contribution in [0.4, 0.5) is 0 Å². The molecule has 19 heteroatoms. The number of ether oxygens (including phenoxy) is 4. The van der Waals surface area contributed by atoms with Crippen molar-refractivity contribution < 1.29 is 80.2 Å². The van der Waals surface area contributed by atoms with E-state index in [4.69, 9.17) is 37.0 Å². The van der Waals surface area contributed by atoms with Gasteiger partial charge in [0, 0.05) is 25.7 Å². The molecule has 0 fully saturated rings. The molecule has 0 spiro atoms. The van der Waals surface area contributed by atoms with Crippen LogP contribution in [0.15, 0.2) is 158 Å². The molecule has 0 heterocycles. The first-order chi connectivity index (χ1) is 48.7. The van der Waals surface area contributed by atoms with Gasteiger partial charge < -0.3 is 33.8 Å². The van der Waals surface area contributed by atoms with Crippen LogP contribution >= 0.6 is 15.6 Å². The molecule has 0 rings (SSSR count). The number of hydrogen-bond donors (Lipinski definition) is 3. The molecule has 0 aromatic heterocycles. The van der Waals surface area contributed by atoms with Crippen LogP contribution < -0.4 is 0 Å². The van der Waals surface area contributed by atoms with Crippen LogP contribution in [-0.4, -0.2) is 96.7 Å².